The maximum absolute atomic E-state index is 12.8. The van der Waals surface area contributed by atoms with Crippen LogP contribution in [0.4, 0.5) is 0 Å². The lowest BCUT2D eigenvalue weighted by atomic mass is 9.96. The fourth-order valence-corrected chi connectivity index (χ4v) is 5.81. The molecule has 1 N–H and O–H groups in total. The number of likely N-dealkylation sites (N-methyl/N-ethyl adjacent to an activating group) is 1. The van der Waals surface area contributed by atoms with Crippen LogP contribution in [-0.4, -0.2) is 47.1 Å². The number of rotatable bonds is 8. The number of hydrogen-bond acceptors (Lipinski definition) is 6. The lowest BCUT2D eigenvalue weighted by Crippen LogP contribution is -2.26. The molecule has 1 unspecified atom stereocenters. The number of aryl methyl sites for hydroxylation is 1. The number of nitrogens with zero attached hydrogens (tertiary/aromatic N) is 3. The molecule has 0 radical (unpaired) electrons. The molecule has 1 fully saturated rings. The number of aromatic nitrogens is 2. The molecule has 1 aromatic carbocycles. The molecule has 0 bridgehead atoms. The van der Waals surface area contributed by atoms with Gasteiger partial charge in [0.1, 0.15) is 6.10 Å². The summed E-state index contributed by atoms with van der Waals surface area (Å²) in [5, 5.41) is 4.41. The molecule has 2 aromatic heterocycles. The van der Waals surface area contributed by atoms with E-state index in [-0.39, 0.29) is 18.0 Å². The first kappa shape index (κ1) is 27.8. The van der Waals surface area contributed by atoms with E-state index in [0.717, 1.165) is 90.7 Å². The Balaban J connectivity index is 1.29. The summed E-state index contributed by atoms with van der Waals surface area (Å²) >= 11 is 0. The summed E-state index contributed by atoms with van der Waals surface area (Å²) in [6.07, 6.45) is 11.4. The molecular weight excluding hydrogens is 496 g/mol. The highest BCUT2D eigenvalue weighted by Gasteiger charge is 2.28. The van der Waals surface area contributed by atoms with E-state index >= 15 is 0 Å². The highest BCUT2D eigenvalue weighted by molar-refractivity contribution is 5.92. The molecule has 5 rings (SSSR count). The van der Waals surface area contributed by atoms with Gasteiger partial charge < -0.3 is 15.0 Å². The first-order chi connectivity index (χ1) is 19.4. The normalized spacial score (nSPS) is 20.4. The molecule has 1 aliphatic heterocycles. The van der Waals surface area contributed by atoms with Crippen LogP contribution >= 0.6 is 0 Å². The van der Waals surface area contributed by atoms with Gasteiger partial charge in [0, 0.05) is 30.4 Å². The van der Waals surface area contributed by atoms with E-state index in [1.54, 1.807) is 6.20 Å². The first-order valence-corrected chi connectivity index (χ1v) is 14.4. The minimum Gasteiger partial charge on any atom is -0.461 e. The van der Waals surface area contributed by atoms with Gasteiger partial charge in [0.05, 0.1) is 22.8 Å². The predicted molar refractivity (Wildman–Crippen MR) is 162 cm³/mol. The van der Waals surface area contributed by atoms with E-state index in [1.807, 2.05) is 31.3 Å². The molecule has 0 spiro atoms. The third-order valence-corrected chi connectivity index (χ3v) is 8.09. The van der Waals surface area contributed by atoms with Gasteiger partial charge in [-0.25, -0.2) is 0 Å². The van der Waals surface area contributed by atoms with Gasteiger partial charge in [-0.2, -0.15) is 0 Å². The zero-order valence-corrected chi connectivity index (χ0v) is 24.0. The standard InChI is InChI=1S/C34H40N4O2/c1-5-35-33(32-11-6-8-23(2)37-32)24(3)28-14-15-31-29(20-28)19-26(21-36-31)18-25-9-7-10-27(13-12-25)34(39)40-30-16-17-38(4)22-30/h5-6,8-9,11,14-15,19-21,27,30,35H,1,7,10,12-13,16-18,22H2,2-4H3/b33-24+/t27?,30-/m1/s1. The van der Waals surface area contributed by atoms with Crippen molar-refractivity contribution < 1.29 is 9.53 Å². The topological polar surface area (TPSA) is 67.3 Å². The van der Waals surface area contributed by atoms with Gasteiger partial charge in [-0.3, -0.25) is 14.8 Å². The number of likely N-dealkylation sites (tertiary alicyclic amines) is 1. The van der Waals surface area contributed by atoms with Gasteiger partial charge in [0.15, 0.2) is 0 Å². The first-order valence-electron chi connectivity index (χ1n) is 14.4. The van der Waals surface area contributed by atoms with Gasteiger partial charge in [-0.1, -0.05) is 30.4 Å². The Morgan fingerprint density at radius 1 is 1.20 bits per heavy atom. The number of nitrogens with one attached hydrogen (secondary N) is 1. The Morgan fingerprint density at radius 2 is 2.08 bits per heavy atom. The SMILES string of the molecule is C=CN/C(=C(\C)c1ccc2ncc(CC3=CCCC(C(=O)O[C@@H]4CCN(C)C4)CC3)cc2c1)c1cccc(C)n1. The summed E-state index contributed by atoms with van der Waals surface area (Å²) in [5.74, 6) is -0.0163. The second-order valence-corrected chi connectivity index (χ2v) is 11.2. The number of allylic oxidation sites excluding steroid dienone is 3. The molecule has 1 saturated heterocycles. The average Bonchev–Trinajstić information content (AvgIpc) is 3.21. The van der Waals surface area contributed by atoms with Crippen LogP contribution in [0.1, 0.15) is 61.5 Å². The summed E-state index contributed by atoms with van der Waals surface area (Å²) in [7, 11) is 2.08. The molecule has 6 nitrogen and oxygen atoms in total. The summed E-state index contributed by atoms with van der Waals surface area (Å²) in [4.78, 5) is 24.5. The van der Waals surface area contributed by atoms with Gasteiger partial charge in [-0.15, -0.1) is 0 Å². The van der Waals surface area contributed by atoms with Crippen LogP contribution in [0.25, 0.3) is 22.2 Å². The van der Waals surface area contributed by atoms with E-state index < -0.39 is 0 Å². The molecule has 0 amide bonds. The summed E-state index contributed by atoms with van der Waals surface area (Å²) in [6.45, 7) is 9.83. The molecule has 1 aliphatic carbocycles. The van der Waals surface area contributed by atoms with Crippen molar-refractivity contribution in [3.63, 3.8) is 0 Å². The van der Waals surface area contributed by atoms with Crippen molar-refractivity contribution in [3.05, 3.63) is 95.6 Å². The average molecular weight is 537 g/mol. The molecular formula is C34H40N4O2. The number of ether oxygens (including phenoxy) is 1. The van der Waals surface area contributed by atoms with E-state index in [4.69, 9.17) is 14.7 Å². The van der Waals surface area contributed by atoms with Crippen LogP contribution in [0, 0.1) is 12.8 Å². The molecule has 6 heteroatoms. The molecule has 40 heavy (non-hydrogen) atoms. The molecule has 2 aliphatic rings. The van der Waals surface area contributed by atoms with E-state index in [2.05, 4.69) is 61.1 Å². The van der Waals surface area contributed by atoms with Crippen molar-refractivity contribution in [1.29, 1.82) is 0 Å². The van der Waals surface area contributed by atoms with Crippen LogP contribution in [0.15, 0.2) is 73.1 Å². The second kappa shape index (κ2) is 12.6. The largest absolute Gasteiger partial charge is 0.461 e. The quantitative estimate of drug-likeness (QED) is 0.263. The minimum atomic E-state index is -0.00977. The highest BCUT2D eigenvalue weighted by atomic mass is 16.5. The molecule has 3 aromatic rings. The maximum Gasteiger partial charge on any atom is 0.309 e. The molecule has 208 valence electrons. The summed E-state index contributed by atoms with van der Waals surface area (Å²) < 4.78 is 5.84. The number of hydrogen-bond donors (Lipinski definition) is 1. The van der Waals surface area contributed by atoms with Gasteiger partial charge >= 0.3 is 5.97 Å². The van der Waals surface area contributed by atoms with Crippen LogP contribution < -0.4 is 5.32 Å². The van der Waals surface area contributed by atoms with Crippen LogP contribution in [0.5, 0.6) is 0 Å². The Bertz CT molecular complexity index is 1460. The smallest absolute Gasteiger partial charge is 0.309 e. The van der Waals surface area contributed by atoms with Crippen LogP contribution in [0.2, 0.25) is 0 Å². The van der Waals surface area contributed by atoms with E-state index in [1.165, 1.54) is 11.1 Å². The zero-order valence-electron chi connectivity index (χ0n) is 24.0. The number of carbonyl (C=O) groups is 1. The number of esters is 1. The fourth-order valence-electron chi connectivity index (χ4n) is 5.81. The third kappa shape index (κ3) is 6.68. The second-order valence-electron chi connectivity index (χ2n) is 11.2. The Labute approximate surface area is 237 Å². The number of fused-ring (bicyclic) bond motifs is 1. The Kier molecular flexibility index (Phi) is 8.75. The monoisotopic (exact) mass is 536 g/mol. The third-order valence-electron chi connectivity index (χ3n) is 8.09. The lowest BCUT2D eigenvalue weighted by Gasteiger charge is -2.18. The predicted octanol–water partition coefficient (Wildman–Crippen LogP) is 6.47. The van der Waals surface area contributed by atoms with Crippen molar-refractivity contribution >= 4 is 28.1 Å². The molecule has 2 atom stereocenters. The number of carbonyl (C=O) groups excluding carboxylic acids is 1. The fraction of sp³-hybridized carbons (Fsp3) is 0.382. The molecule has 3 heterocycles. The van der Waals surface area contributed by atoms with Gasteiger partial charge in [0.25, 0.3) is 0 Å². The highest BCUT2D eigenvalue weighted by Crippen LogP contribution is 2.29. The van der Waals surface area contributed by atoms with Crippen molar-refractivity contribution in [2.75, 3.05) is 20.1 Å². The van der Waals surface area contributed by atoms with E-state index in [0.29, 0.717) is 0 Å². The van der Waals surface area contributed by atoms with Crippen molar-refractivity contribution in [2.24, 2.45) is 5.92 Å². The minimum absolute atomic E-state index is 0.00651. The Morgan fingerprint density at radius 3 is 2.85 bits per heavy atom. The van der Waals surface area contributed by atoms with Crippen molar-refractivity contribution in [2.45, 2.75) is 58.5 Å². The maximum atomic E-state index is 12.8. The summed E-state index contributed by atoms with van der Waals surface area (Å²) in [6, 6.07) is 14.7. The van der Waals surface area contributed by atoms with Gasteiger partial charge in [-0.05, 0) is 113 Å². The summed E-state index contributed by atoms with van der Waals surface area (Å²) in [5.41, 5.74) is 8.56. The van der Waals surface area contributed by atoms with Gasteiger partial charge in [0.2, 0.25) is 0 Å². The zero-order chi connectivity index (χ0) is 28.1. The number of pyridine rings is 2. The number of benzene rings is 1. The van der Waals surface area contributed by atoms with Crippen LogP contribution in [0.3, 0.4) is 0 Å². The Hall–Kier alpha value is -3.77. The van der Waals surface area contributed by atoms with Crippen molar-refractivity contribution in [3.8, 4) is 0 Å². The van der Waals surface area contributed by atoms with E-state index in [9.17, 15) is 4.79 Å². The molecule has 0 saturated carbocycles. The van der Waals surface area contributed by atoms with Crippen LogP contribution in [-0.2, 0) is 16.0 Å². The van der Waals surface area contributed by atoms with Crippen molar-refractivity contribution in [1.82, 2.24) is 20.2 Å². The lowest BCUT2D eigenvalue weighted by molar-refractivity contribution is -0.153.